The summed E-state index contributed by atoms with van der Waals surface area (Å²) in [6, 6.07) is 16.7. The summed E-state index contributed by atoms with van der Waals surface area (Å²) in [5, 5.41) is 0. The van der Waals surface area contributed by atoms with Gasteiger partial charge in [-0.3, -0.25) is 0 Å². The lowest BCUT2D eigenvalue weighted by Gasteiger charge is -2.14. The van der Waals surface area contributed by atoms with Crippen LogP contribution in [0.3, 0.4) is 0 Å². The highest BCUT2D eigenvalue weighted by Crippen LogP contribution is 2.30. The van der Waals surface area contributed by atoms with E-state index in [1.54, 1.807) is 0 Å². The zero-order chi connectivity index (χ0) is 14.5. The fourth-order valence-electron chi connectivity index (χ4n) is 2.04. The van der Waals surface area contributed by atoms with Gasteiger partial charge in [0.25, 0.3) is 0 Å². The van der Waals surface area contributed by atoms with Gasteiger partial charge in [0.05, 0.1) is 6.10 Å². The first kappa shape index (κ1) is 15.6. The molecule has 3 heteroatoms. The second kappa shape index (κ2) is 7.28. The first-order valence-electron chi connectivity index (χ1n) is 6.69. The Morgan fingerprint density at radius 2 is 1.80 bits per heavy atom. The largest absolute Gasteiger partial charge is 0.491 e. The van der Waals surface area contributed by atoms with Crippen molar-refractivity contribution in [2.24, 2.45) is 0 Å². The van der Waals surface area contributed by atoms with E-state index in [1.165, 1.54) is 11.1 Å². The van der Waals surface area contributed by atoms with Crippen LogP contribution >= 0.6 is 31.9 Å². The van der Waals surface area contributed by atoms with E-state index >= 15 is 0 Å². The van der Waals surface area contributed by atoms with Crippen molar-refractivity contribution in [3.63, 3.8) is 0 Å². The molecule has 0 fully saturated rings. The van der Waals surface area contributed by atoms with Crippen LogP contribution in [-0.2, 0) is 6.42 Å². The Hall–Kier alpha value is -0.800. The minimum absolute atomic E-state index is 0.198. The van der Waals surface area contributed by atoms with Gasteiger partial charge in [-0.25, -0.2) is 0 Å². The number of hydrogen-bond donors (Lipinski definition) is 0. The molecular weight excluding hydrogens is 380 g/mol. The molecule has 0 spiro atoms. The van der Waals surface area contributed by atoms with Crippen LogP contribution in [0.15, 0.2) is 53.0 Å². The second-order valence-electron chi connectivity index (χ2n) is 5.04. The molecule has 1 nitrogen and oxygen atoms in total. The third-order valence-corrected chi connectivity index (χ3v) is 4.24. The van der Waals surface area contributed by atoms with E-state index in [2.05, 4.69) is 62.2 Å². The fourth-order valence-corrected chi connectivity index (χ4v) is 3.15. The van der Waals surface area contributed by atoms with Gasteiger partial charge in [0.1, 0.15) is 5.75 Å². The zero-order valence-corrected chi connectivity index (χ0v) is 14.8. The van der Waals surface area contributed by atoms with Crippen LogP contribution in [-0.4, -0.2) is 6.10 Å². The maximum absolute atomic E-state index is 5.75. The van der Waals surface area contributed by atoms with Crippen molar-refractivity contribution in [2.45, 2.75) is 31.2 Å². The monoisotopic (exact) mass is 396 g/mol. The van der Waals surface area contributed by atoms with Gasteiger partial charge in [0.2, 0.25) is 0 Å². The average molecular weight is 398 g/mol. The predicted molar refractivity (Wildman–Crippen MR) is 91.7 cm³/mol. The van der Waals surface area contributed by atoms with Gasteiger partial charge in [-0.05, 0) is 55.7 Å². The lowest BCUT2D eigenvalue weighted by molar-refractivity contribution is 0.242. The van der Waals surface area contributed by atoms with Crippen LogP contribution in [0.25, 0.3) is 0 Å². The van der Waals surface area contributed by atoms with Gasteiger partial charge in [0, 0.05) is 9.30 Å². The maximum atomic E-state index is 5.75. The highest BCUT2D eigenvalue weighted by Gasteiger charge is 2.10. The molecule has 1 unspecified atom stereocenters. The minimum atomic E-state index is 0.198. The molecule has 0 bridgehead atoms. The fraction of sp³-hybridized carbons (Fsp3) is 0.294. The van der Waals surface area contributed by atoms with Crippen molar-refractivity contribution in [3.8, 4) is 5.75 Å². The standard InChI is InChI=1S/C17H18Br2O/c1-12(2)20-16-8-4-6-14(11-16)17(19)10-13-5-3-7-15(18)9-13/h3-9,11-12,17H,10H2,1-2H3. The number of benzene rings is 2. The van der Waals surface area contributed by atoms with Crippen LogP contribution < -0.4 is 4.74 Å². The molecule has 0 aliphatic carbocycles. The number of ether oxygens (including phenoxy) is 1. The van der Waals surface area contributed by atoms with Crippen LogP contribution in [0.2, 0.25) is 0 Å². The molecule has 106 valence electrons. The Morgan fingerprint density at radius 1 is 1.05 bits per heavy atom. The van der Waals surface area contributed by atoms with Gasteiger partial charge >= 0.3 is 0 Å². The van der Waals surface area contributed by atoms with Crippen molar-refractivity contribution >= 4 is 31.9 Å². The summed E-state index contributed by atoms with van der Waals surface area (Å²) in [6.07, 6.45) is 1.15. The number of rotatable bonds is 5. The summed E-state index contributed by atoms with van der Waals surface area (Å²) in [6.45, 7) is 4.08. The highest BCUT2D eigenvalue weighted by atomic mass is 79.9. The van der Waals surface area contributed by atoms with Gasteiger partial charge in [-0.2, -0.15) is 0 Å². The number of alkyl halides is 1. The Kier molecular flexibility index (Phi) is 5.67. The van der Waals surface area contributed by atoms with Gasteiger partial charge in [0.15, 0.2) is 0 Å². The van der Waals surface area contributed by atoms with E-state index in [9.17, 15) is 0 Å². The lowest BCUT2D eigenvalue weighted by Crippen LogP contribution is -2.06. The topological polar surface area (TPSA) is 9.23 Å². The molecule has 2 aromatic carbocycles. The molecule has 20 heavy (non-hydrogen) atoms. The van der Waals surface area contributed by atoms with E-state index in [-0.39, 0.29) is 10.9 Å². The third-order valence-electron chi connectivity index (χ3n) is 2.90. The molecule has 0 heterocycles. The summed E-state index contributed by atoms with van der Waals surface area (Å²) in [4.78, 5) is 0.285. The number of hydrogen-bond acceptors (Lipinski definition) is 1. The van der Waals surface area contributed by atoms with E-state index in [0.717, 1.165) is 16.6 Å². The van der Waals surface area contributed by atoms with Crippen LogP contribution in [0, 0.1) is 0 Å². The molecule has 0 aliphatic rings. The molecule has 0 saturated carbocycles. The Bertz CT molecular complexity index is 566. The van der Waals surface area contributed by atoms with Crippen LogP contribution in [0.5, 0.6) is 5.75 Å². The number of halogens is 2. The molecule has 0 amide bonds. The molecule has 2 aromatic rings. The minimum Gasteiger partial charge on any atom is -0.491 e. The van der Waals surface area contributed by atoms with Crippen LogP contribution in [0.1, 0.15) is 29.8 Å². The van der Waals surface area contributed by atoms with Crippen molar-refractivity contribution < 1.29 is 4.74 Å². The Labute approximate surface area is 137 Å². The van der Waals surface area contributed by atoms with Crippen molar-refractivity contribution in [1.82, 2.24) is 0 Å². The van der Waals surface area contributed by atoms with Crippen molar-refractivity contribution in [3.05, 3.63) is 64.1 Å². The third kappa shape index (κ3) is 4.64. The van der Waals surface area contributed by atoms with E-state index in [1.807, 2.05) is 32.0 Å². The summed E-state index contributed by atoms with van der Waals surface area (Å²) in [5.74, 6) is 0.927. The summed E-state index contributed by atoms with van der Waals surface area (Å²) < 4.78 is 6.86. The molecule has 2 rings (SSSR count). The zero-order valence-electron chi connectivity index (χ0n) is 11.6. The lowest BCUT2D eigenvalue weighted by atomic mass is 10.0. The molecule has 0 N–H and O–H groups in total. The predicted octanol–water partition coefficient (Wildman–Crippen LogP) is 5.92. The smallest absolute Gasteiger partial charge is 0.119 e. The second-order valence-corrected chi connectivity index (χ2v) is 7.06. The SMILES string of the molecule is CC(C)Oc1cccc(C(Br)Cc2cccc(Br)c2)c1. The summed E-state index contributed by atoms with van der Waals surface area (Å²) >= 11 is 7.29. The Balaban J connectivity index is 2.10. The van der Waals surface area contributed by atoms with E-state index < -0.39 is 0 Å². The maximum Gasteiger partial charge on any atom is 0.119 e. The Morgan fingerprint density at radius 3 is 2.50 bits per heavy atom. The van der Waals surface area contributed by atoms with Crippen LogP contribution in [0.4, 0.5) is 0 Å². The highest BCUT2D eigenvalue weighted by molar-refractivity contribution is 9.10. The molecule has 0 aromatic heterocycles. The first-order chi connectivity index (χ1) is 9.54. The van der Waals surface area contributed by atoms with Crippen molar-refractivity contribution in [2.75, 3.05) is 0 Å². The summed E-state index contributed by atoms with van der Waals surface area (Å²) in [7, 11) is 0. The quantitative estimate of drug-likeness (QED) is 0.569. The molecule has 0 aliphatic heterocycles. The van der Waals surface area contributed by atoms with E-state index in [0.29, 0.717) is 0 Å². The normalized spacial score (nSPS) is 12.4. The van der Waals surface area contributed by atoms with Gasteiger partial charge in [-0.1, -0.05) is 56.1 Å². The summed E-state index contributed by atoms with van der Waals surface area (Å²) in [5.41, 5.74) is 2.54. The van der Waals surface area contributed by atoms with Gasteiger partial charge in [-0.15, -0.1) is 0 Å². The molecule has 0 saturated heterocycles. The average Bonchev–Trinajstić information content (AvgIpc) is 2.38. The first-order valence-corrected chi connectivity index (χ1v) is 8.40. The molecule has 1 atom stereocenters. The van der Waals surface area contributed by atoms with Crippen molar-refractivity contribution in [1.29, 1.82) is 0 Å². The van der Waals surface area contributed by atoms with E-state index in [4.69, 9.17) is 4.74 Å². The van der Waals surface area contributed by atoms with Gasteiger partial charge < -0.3 is 4.74 Å². The molecule has 0 radical (unpaired) electrons. The molecular formula is C17H18Br2O.